The van der Waals surface area contributed by atoms with Gasteiger partial charge in [0.05, 0.1) is 13.1 Å². The van der Waals surface area contributed by atoms with E-state index in [1.54, 1.807) is 4.90 Å². The number of nitrogens with zero attached hydrogens (tertiary/aromatic N) is 1. The van der Waals surface area contributed by atoms with Crippen LogP contribution in [-0.2, 0) is 20.8 Å². The van der Waals surface area contributed by atoms with Crippen LogP contribution < -0.4 is 10.6 Å². The summed E-state index contributed by atoms with van der Waals surface area (Å²) in [7, 11) is 0. The van der Waals surface area contributed by atoms with E-state index in [0.29, 0.717) is 18.5 Å². The van der Waals surface area contributed by atoms with Gasteiger partial charge < -0.3 is 15.5 Å². The first-order chi connectivity index (χ1) is 14.0. The molecule has 152 valence electrons. The quantitative estimate of drug-likeness (QED) is 0.688. The second-order valence-corrected chi connectivity index (χ2v) is 7.43. The summed E-state index contributed by atoms with van der Waals surface area (Å²) in [6, 6.07) is 17.4. The molecule has 6 heteroatoms. The molecule has 0 unspecified atom stereocenters. The topological polar surface area (TPSA) is 78.5 Å². The Morgan fingerprint density at radius 2 is 1.66 bits per heavy atom. The molecule has 2 aromatic carbocycles. The summed E-state index contributed by atoms with van der Waals surface area (Å²) in [5.74, 6) is -0.629. The molecule has 0 atom stereocenters. The molecule has 0 heterocycles. The van der Waals surface area contributed by atoms with Gasteiger partial charge in [-0.15, -0.1) is 0 Å². The zero-order valence-electron chi connectivity index (χ0n) is 16.7. The van der Waals surface area contributed by atoms with Crippen LogP contribution in [0.5, 0.6) is 0 Å². The molecule has 1 aliphatic carbocycles. The number of rotatable bonds is 9. The Hall–Kier alpha value is -3.15. The molecule has 1 fully saturated rings. The summed E-state index contributed by atoms with van der Waals surface area (Å²) < 4.78 is 0. The van der Waals surface area contributed by atoms with E-state index in [1.807, 2.05) is 61.5 Å². The Labute approximate surface area is 171 Å². The van der Waals surface area contributed by atoms with Gasteiger partial charge in [-0.05, 0) is 43.9 Å². The highest BCUT2D eigenvalue weighted by atomic mass is 16.2. The smallest absolute Gasteiger partial charge is 0.243 e. The highest BCUT2D eigenvalue weighted by molar-refractivity contribution is 5.95. The summed E-state index contributed by atoms with van der Waals surface area (Å²) >= 11 is 0. The molecule has 0 radical (unpaired) electrons. The van der Waals surface area contributed by atoms with Crippen LogP contribution in [-0.4, -0.2) is 41.8 Å². The molecule has 0 bridgehead atoms. The van der Waals surface area contributed by atoms with Crippen LogP contribution in [0.2, 0.25) is 0 Å². The maximum atomic E-state index is 12.6. The van der Waals surface area contributed by atoms with Crippen LogP contribution >= 0.6 is 0 Å². The third-order valence-corrected chi connectivity index (χ3v) is 4.87. The summed E-state index contributed by atoms with van der Waals surface area (Å²) in [5.41, 5.74) is 2.90. The molecule has 3 amide bonds. The fraction of sp³-hybridized carbons (Fsp3) is 0.348. The number of amides is 3. The average molecular weight is 393 g/mol. The maximum Gasteiger partial charge on any atom is 0.243 e. The highest BCUT2D eigenvalue weighted by Crippen LogP contribution is 2.27. The van der Waals surface area contributed by atoms with E-state index in [0.717, 1.165) is 24.0 Å². The molecule has 1 aliphatic rings. The van der Waals surface area contributed by atoms with Crippen LogP contribution in [0.25, 0.3) is 0 Å². The minimum Gasteiger partial charge on any atom is -0.345 e. The van der Waals surface area contributed by atoms with Gasteiger partial charge >= 0.3 is 0 Å². The number of nitrogens with one attached hydrogen (secondary N) is 2. The lowest BCUT2D eigenvalue weighted by molar-refractivity contribution is -0.136. The molecule has 3 rings (SSSR count). The molecule has 29 heavy (non-hydrogen) atoms. The minimum absolute atomic E-state index is 0.00387. The molecule has 0 aromatic heterocycles. The predicted octanol–water partition coefficient (Wildman–Crippen LogP) is 2.67. The molecule has 0 saturated heterocycles. The van der Waals surface area contributed by atoms with Crippen molar-refractivity contribution in [2.45, 2.75) is 38.6 Å². The van der Waals surface area contributed by atoms with Crippen molar-refractivity contribution in [3.05, 3.63) is 65.7 Å². The van der Waals surface area contributed by atoms with Gasteiger partial charge in [-0.1, -0.05) is 48.0 Å². The van der Waals surface area contributed by atoms with Crippen molar-refractivity contribution in [2.24, 2.45) is 0 Å². The standard InChI is InChI=1S/C23H27N3O3/c1-17-7-10-19(11-8-17)25-21(27)15-24-22(28)16-26(20-12-13-20)23(29)14-9-18-5-3-2-4-6-18/h2-8,10-11,20H,9,12-16H2,1H3,(H,24,28)(H,25,27). The normalized spacial score (nSPS) is 12.9. The number of anilines is 1. The largest absolute Gasteiger partial charge is 0.345 e. The summed E-state index contributed by atoms with van der Waals surface area (Å²) in [4.78, 5) is 38.6. The predicted molar refractivity (Wildman–Crippen MR) is 112 cm³/mol. The van der Waals surface area contributed by atoms with Crippen molar-refractivity contribution in [3.63, 3.8) is 0 Å². The van der Waals surface area contributed by atoms with Gasteiger partial charge in [-0.2, -0.15) is 0 Å². The summed E-state index contributed by atoms with van der Waals surface area (Å²) in [5, 5.41) is 5.35. The van der Waals surface area contributed by atoms with Crippen molar-refractivity contribution in [3.8, 4) is 0 Å². The van der Waals surface area contributed by atoms with Gasteiger partial charge in [0.25, 0.3) is 0 Å². The second-order valence-electron chi connectivity index (χ2n) is 7.43. The zero-order valence-corrected chi connectivity index (χ0v) is 16.7. The zero-order chi connectivity index (χ0) is 20.6. The van der Waals surface area contributed by atoms with Gasteiger partial charge in [0.2, 0.25) is 17.7 Å². The molecule has 2 N–H and O–H groups in total. The SMILES string of the molecule is Cc1ccc(NC(=O)CNC(=O)CN(C(=O)CCc2ccccc2)C2CC2)cc1. The van der Waals surface area contributed by atoms with E-state index in [2.05, 4.69) is 10.6 Å². The third kappa shape index (κ3) is 6.75. The van der Waals surface area contributed by atoms with Gasteiger partial charge in [0.15, 0.2) is 0 Å². The first kappa shape index (κ1) is 20.6. The van der Waals surface area contributed by atoms with E-state index >= 15 is 0 Å². The fourth-order valence-electron chi connectivity index (χ4n) is 3.08. The van der Waals surface area contributed by atoms with E-state index in [1.165, 1.54) is 0 Å². The number of aryl methyl sites for hydroxylation is 2. The van der Waals surface area contributed by atoms with Crippen LogP contribution in [0.4, 0.5) is 5.69 Å². The van der Waals surface area contributed by atoms with Crippen molar-refractivity contribution in [1.29, 1.82) is 0 Å². The molecule has 0 spiro atoms. The summed E-state index contributed by atoms with van der Waals surface area (Å²) in [6.07, 6.45) is 2.89. The molecular weight excluding hydrogens is 366 g/mol. The van der Waals surface area contributed by atoms with Crippen molar-refractivity contribution in [1.82, 2.24) is 10.2 Å². The van der Waals surface area contributed by atoms with Crippen molar-refractivity contribution >= 4 is 23.4 Å². The van der Waals surface area contributed by atoms with Crippen LogP contribution in [0.1, 0.15) is 30.4 Å². The Bertz CT molecular complexity index is 845. The third-order valence-electron chi connectivity index (χ3n) is 4.87. The first-order valence-electron chi connectivity index (χ1n) is 9.98. The van der Waals surface area contributed by atoms with Crippen LogP contribution in [0.15, 0.2) is 54.6 Å². The van der Waals surface area contributed by atoms with Gasteiger partial charge in [0, 0.05) is 18.2 Å². The molecule has 2 aromatic rings. The Morgan fingerprint density at radius 3 is 2.31 bits per heavy atom. The Kier molecular flexibility index (Phi) is 7.00. The first-order valence-corrected chi connectivity index (χ1v) is 9.98. The molecule has 1 saturated carbocycles. The fourth-order valence-corrected chi connectivity index (χ4v) is 3.08. The second kappa shape index (κ2) is 9.87. The van der Waals surface area contributed by atoms with E-state index in [4.69, 9.17) is 0 Å². The van der Waals surface area contributed by atoms with Crippen molar-refractivity contribution < 1.29 is 14.4 Å². The lowest BCUT2D eigenvalue weighted by Crippen LogP contribution is -2.44. The highest BCUT2D eigenvalue weighted by Gasteiger charge is 2.33. The van der Waals surface area contributed by atoms with Crippen LogP contribution in [0, 0.1) is 6.92 Å². The number of hydrogen-bond donors (Lipinski definition) is 2. The summed E-state index contributed by atoms with van der Waals surface area (Å²) in [6.45, 7) is 1.85. The van der Waals surface area contributed by atoms with Gasteiger partial charge in [0.1, 0.15) is 0 Å². The lowest BCUT2D eigenvalue weighted by Gasteiger charge is -2.22. The lowest BCUT2D eigenvalue weighted by atomic mass is 10.1. The number of hydrogen-bond acceptors (Lipinski definition) is 3. The Morgan fingerprint density at radius 1 is 0.966 bits per heavy atom. The number of carbonyl (C=O) groups excluding carboxylic acids is 3. The molecular formula is C23H27N3O3. The van der Waals surface area contributed by atoms with Gasteiger partial charge in [-0.25, -0.2) is 0 Å². The average Bonchev–Trinajstić information content (AvgIpc) is 3.56. The Balaban J connectivity index is 1.43. The minimum atomic E-state index is -0.316. The van der Waals surface area contributed by atoms with Crippen LogP contribution in [0.3, 0.4) is 0 Å². The van der Waals surface area contributed by atoms with E-state index in [-0.39, 0.29) is 36.9 Å². The van der Waals surface area contributed by atoms with Crippen molar-refractivity contribution in [2.75, 3.05) is 18.4 Å². The van der Waals surface area contributed by atoms with Gasteiger partial charge in [-0.3, -0.25) is 14.4 Å². The molecule has 6 nitrogen and oxygen atoms in total. The number of carbonyl (C=O) groups is 3. The molecule has 0 aliphatic heterocycles. The number of benzene rings is 2. The van der Waals surface area contributed by atoms with E-state index < -0.39 is 0 Å². The maximum absolute atomic E-state index is 12.6. The van der Waals surface area contributed by atoms with E-state index in [9.17, 15) is 14.4 Å². The monoisotopic (exact) mass is 393 g/mol.